The summed E-state index contributed by atoms with van der Waals surface area (Å²) in [5, 5.41) is 0. The van der Waals surface area contributed by atoms with Gasteiger partial charge in [0.1, 0.15) is 5.82 Å². The molecule has 0 bridgehead atoms. The van der Waals surface area contributed by atoms with Gasteiger partial charge in [0, 0.05) is 19.0 Å². The maximum Gasteiger partial charge on any atom is 0.169 e. The molecule has 21 heavy (non-hydrogen) atoms. The average molecular weight is 293 g/mol. The molecule has 1 aromatic rings. The molecule has 0 heterocycles. The van der Waals surface area contributed by atoms with E-state index in [1.54, 1.807) is 18.2 Å². The van der Waals surface area contributed by atoms with Crippen molar-refractivity contribution in [3.8, 4) is 0 Å². The van der Waals surface area contributed by atoms with Gasteiger partial charge in [0.15, 0.2) is 5.78 Å². The molecule has 2 nitrogen and oxygen atoms in total. The van der Waals surface area contributed by atoms with Crippen molar-refractivity contribution in [1.29, 1.82) is 0 Å². The molecule has 0 amide bonds. The molecule has 1 aromatic carbocycles. The van der Waals surface area contributed by atoms with Crippen LogP contribution in [0.4, 0.5) is 4.39 Å². The van der Waals surface area contributed by atoms with E-state index in [1.165, 1.54) is 6.07 Å². The molecule has 0 radical (unpaired) electrons. The van der Waals surface area contributed by atoms with Crippen molar-refractivity contribution in [2.75, 3.05) is 19.6 Å². The molecule has 0 aliphatic heterocycles. The Morgan fingerprint density at radius 1 is 1.14 bits per heavy atom. The summed E-state index contributed by atoms with van der Waals surface area (Å²) in [6.07, 6.45) is 2.31. The molecule has 3 heteroatoms. The first-order chi connectivity index (χ1) is 10.0. The molecule has 0 aliphatic rings. The van der Waals surface area contributed by atoms with Crippen molar-refractivity contribution >= 4 is 5.78 Å². The predicted molar refractivity (Wildman–Crippen MR) is 86.1 cm³/mol. The number of carbonyl (C=O) groups is 1. The van der Waals surface area contributed by atoms with Gasteiger partial charge in [-0.1, -0.05) is 52.7 Å². The quantitative estimate of drug-likeness (QED) is 0.629. The van der Waals surface area contributed by atoms with Crippen LogP contribution in [0.1, 0.15) is 50.9 Å². The van der Waals surface area contributed by atoms with E-state index in [4.69, 9.17) is 0 Å². The molecule has 118 valence electrons. The fourth-order valence-corrected chi connectivity index (χ4v) is 2.64. The lowest BCUT2D eigenvalue weighted by Gasteiger charge is -2.27. The minimum atomic E-state index is -0.419. The number of hydrogen-bond donors (Lipinski definition) is 0. The van der Waals surface area contributed by atoms with Crippen molar-refractivity contribution in [2.45, 2.75) is 40.5 Å². The molecule has 1 rings (SSSR count). The molecular formula is C18H28FNO. The van der Waals surface area contributed by atoms with E-state index in [0.29, 0.717) is 12.5 Å². The monoisotopic (exact) mass is 293 g/mol. The molecule has 0 spiro atoms. The molecule has 1 atom stereocenters. The van der Waals surface area contributed by atoms with Crippen LogP contribution in [-0.4, -0.2) is 30.3 Å². The number of nitrogens with zero attached hydrogens (tertiary/aromatic N) is 1. The Bertz CT molecular complexity index is 443. The van der Waals surface area contributed by atoms with Crippen molar-refractivity contribution in [2.24, 2.45) is 11.8 Å². The zero-order valence-electron chi connectivity index (χ0n) is 13.7. The van der Waals surface area contributed by atoms with Crippen LogP contribution in [0, 0.1) is 17.7 Å². The number of ketones is 1. The highest BCUT2D eigenvalue weighted by molar-refractivity contribution is 5.98. The highest BCUT2D eigenvalue weighted by Crippen LogP contribution is 2.16. The van der Waals surface area contributed by atoms with Gasteiger partial charge in [-0.25, -0.2) is 4.39 Å². The number of Topliss-reactive ketones (excluding diaryl/α,β-unsaturated/α-hetero) is 1. The molecule has 0 saturated heterocycles. The normalized spacial score (nSPS) is 12.9. The zero-order chi connectivity index (χ0) is 15.8. The predicted octanol–water partition coefficient (Wildman–Crippen LogP) is 4.40. The SMILES string of the molecule is CCC(CC)CN(CC)CC(C)C(=O)c1ccccc1F. The smallest absolute Gasteiger partial charge is 0.169 e. The van der Waals surface area contributed by atoms with Crippen molar-refractivity contribution in [1.82, 2.24) is 4.90 Å². The maximum absolute atomic E-state index is 13.7. The Morgan fingerprint density at radius 3 is 2.29 bits per heavy atom. The third kappa shape index (κ3) is 5.24. The maximum atomic E-state index is 13.7. The lowest BCUT2D eigenvalue weighted by atomic mass is 9.97. The summed E-state index contributed by atoms with van der Waals surface area (Å²) in [6, 6.07) is 6.25. The number of benzene rings is 1. The summed E-state index contributed by atoms with van der Waals surface area (Å²) in [6.45, 7) is 11.0. The second-order valence-corrected chi connectivity index (χ2v) is 5.78. The minimum Gasteiger partial charge on any atom is -0.303 e. The second kappa shape index (κ2) is 8.93. The summed E-state index contributed by atoms with van der Waals surface area (Å²) in [7, 11) is 0. The van der Waals surface area contributed by atoms with Crippen LogP contribution in [0.5, 0.6) is 0 Å². The number of halogens is 1. The first-order valence-corrected chi connectivity index (χ1v) is 8.04. The van der Waals surface area contributed by atoms with E-state index in [0.717, 1.165) is 25.9 Å². The second-order valence-electron chi connectivity index (χ2n) is 5.78. The number of hydrogen-bond acceptors (Lipinski definition) is 2. The molecule has 0 aliphatic carbocycles. The highest BCUT2D eigenvalue weighted by Gasteiger charge is 2.21. The fourth-order valence-electron chi connectivity index (χ4n) is 2.64. The van der Waals surface area contributed by atoms with Gasteiger partial charge in [-0.3, -0.25) is 4.79 Å². The topological polar surface area (TPSA) is 20.3 Å². The van der Waals surface area contributed by atoms with Crippen molar-refractivity contribution in [3.63, 3.8) is 0 Å². The van der Waals surface area contributed by atoms with Crippen LogP contribution in [0.15, 0.2) is 24.3 Å². The Kier molecular flexibility index (Phi) is 7.58. The Labute approximate surface area is 128 Å². The summed E-state index contributed by atoms with van der Waals surface area (Å²) in [4.78, 5) is 14.7. The lowest BCUT2D eigenvalue weighted by Crippen LogP contribution is -2.35. The zero-order valence-corrected chi connectivity index (χ0v) is 13.7. The van der Waals surface area contributed by atoms with Crippen LogP contribution in [0.25, 0.3) is 0 Å². The Balaban J connectivity index is 2.67. The van der Waals surface area contributed by atoms with Gasteiger partial charge >= 0.3 is 0 Å². The minimum absolute atomic E-state index is 0.101. The highest BCUT2D eigenvalue weighted by atomic mass is 19.1. The standard InChI is InChI=1S/C18H28FNO/c1-5-15(6-2)13-20(7-3)12-14(4)18(21)16-10-8-9-11-17(16)19/h8-11,14-15H,5-7,12-13H2,1-4H3. The summed E-state index contributed by atoms with van der Waals surface area (Å²) < 4.78 is 13.7. The van der Waals surface area contributed by atoms with Gasteiger partial charge in [-0.15, -0.1) is 0 Å². The Morgan fingerprint density at radius 2 is 1.76 bits per heavy atom. The molecule has 1 unspecified atom stereocenters. The number of rotatable bonds is 9. The van der Waals surface area contributed by atoms with Crippen LogP contribution in [-0.2, 0) is 0 Å². The molecular weight excluding hydrogens is 265 g/mol. The van der Waals surface area contributed by atoms with E-state index < -0.39 is 5.82 Å². The van der Waals surface area contributed by atoms with Crippen molar-refractivity contribution in [3.05, 3.63) is 35.6 Å². The van der Waals surface area contributed by atoms with Crippen LogP contribution < -0.4 is 0 Å². The van der Waals surface area contributed by atoms with E-state index in [1.807, 2.05) is 6.92 Å². The summed E-state index contributed by atoms with van der Waals surface area (Å²) in [5.74, 6) is -0.0367. The van der Waals surface area contributed by atoms with Gasteiger partial charge in [0.25, 0.3) is 0 Å². The van der Waals surface area contributed by atoms with E-state index in [9.17, 15) is 9.18 Å². The molecule has 0 N–H and O–H groups in total. The summed E-state index contributed by atoms with van der Waals surface area (Å²) in [5.41, 5.74) is 0.212. The molecule has 0 fully saturated rings. The van der Waals surface area contributed by atoms with Gasteiger partial charge in [-0.2, -0.15) is 0 Å². The van der Waals surface area contributed by atoms with Crippen LogP contribution >= 0.6 is 0 Å². The van der Waals surface area contributed by atoms with E-state index >= 15 is 0 Å². The van der Waals surface area contributed by atoms with Crippen molar-refractivity contribution < 1.29 is 9.18 Å². The number of carbonyl (C=O) groups excluding carboxylic acids is 1. The first-order valence-electron chi connectivity index (χ1n) is 8.04. The first kappa shape index (κ1) is 17.8. The van der Waals surface area contributed by atoms with Crippen LogP contribution in [0.3, 0.4) is 0 Å². The summed E-state index contributed by atoms with van der Waals surface area (Å²) >= 11 is 0. The fraction of sp³-hybridized carbons (Fsp3) is 0.611. The van der Waals surface area contributed by atoms with Gasteiger partial charge < -0.3 is 4.90 Å². The lowest BCUT2D eigenvalue weighted by molar-refractivity contribution is 0.0883. The van der Waals surface area contributed by atoms with Gasteiger partial charge in [0.05, 0.1) is 5.56 Å². The van der Waals surface area contributed by atoms with Gasteiger partial charge in [0.2, 0.25) is 0 Å². The molecule has 0 aromatic heterocycles. The third-order valence-electron chi connectivity index (χ3n) is 4.24. The largest absolute Gasteiger partial charge is 0.303 e. The van der Waals surface area contributed by atoms with E-state index in [-0.39, 0.29) is 17.3 Å². The average Bonchev–Trinajstić information content (AvgIpc) is 2.50. The van der Waals surface area contributed by atoms with E-state index in [2.05, 4.69) is 25.7 Å². The Hall–Kier alpha value is -1.22. The molecule has 0 saturated carbocycles. The van der Waals surface area contributed by atoms with Gasteiger partial charge in [-0.05, 0) is 24.6 Å². The third-order valence-corrected chi connectivity index (χ3v) is 4.24. The van der Waals surface area contributed by atoms with Crippen LogP contribution in [0.2, 0.25) is 0 Å².